The average molecular weight is 266 g/mol. The quantitative estimate of drug-likeness (QED) is 0.810. The lowest BCUT2D eigenvalue weighted by Gasteiger charge is -2.02. The third-order valence-corrected chi connectivity index (χ3v) is 2.86. The van der Waals surface area contributed by atoms with Crippen LogP contribution in [-0.4, -0.2) is 9.97 Å². The van der Waals surface area contributed by atoms with Crippen LogP contribution in [0.15, 0.2) is 49.8 Å². The van der Waals surface area contributed by atoms with Gasteiger partial charge in [-0.25, -0.2) is 0 Å². The van der Waals surface area contributed by atoms with E-state index in [0.29, 0.717) is 0 Å². The van der Waals surface area contributed by atoms with Gasteiger partial charge in [-0.2, -0.15) is 0 Å². The molecule has 0 N–H and O–H groups in total. The average Bonchev–Trinajstić information content (AvgIpc) is 2.55. The Balaban J connectivity index is 0.000000217. The Morgan fingerprint density at radius 3 is 1.75 bits per heavy atom. The van der Waals surface area contributed by atoms with Gasteiger partial charge >= 0.3 is 0 Å². The Labute approximate surface area is 121 Å². The molecular formula is C18H22N2. The molecule has 0 aliphatic heterocycles. The van der Waals surface area contributed by atoms with Crippen LogP contribution in [0.2, 0.25) is 0 Å². The number of hydrogen-bond acceptors (Lipinski definition) is 2. The zero-order chi connectivity index (χ0) is 14.8. The normalized spacial score (nSPS) is 9.30. The second-order valence-corrected chi connectivity index (χ2v) is 4.28. The third kappa shape index (κ3) is 5.19. The number of hydrogen-bond donors (Lipinski definition) is 0. The van der Waals surface area contributed by atoms with Crippen molar-refractivity contribution >= 4 is 12.2 Å². The van der Waals surface area contributed by atoms with Gasteiger partial charge in [-0.05, 0) is 48.2 Å². The molecule has 0 atom stereocenters. The molecule has 0 fully saturated rings. The van der Waals surface area contributed by atoms with E-state index in [0.717, 1.165) is 29.8 Å². The lowest BCUT2D eigenvalue weighted by molar-refractivity contribution is 0.953. The molecule has 104 valence electrons. The van der Waals surface area contributed by atoms with Crippen LogP contribution in [0.4, 0.5) is 0 Å². The van der Waals surface area contributed by atoms with Crippen LogP contribution in [0.1, 0.15) is 36.4 Å². The highest BCUT2D eigenvalue weighted by Gasteiger charge is 1.96. The highest BCUT2D eigenvalue weighted by atomic mass is 14.7. The fourth-order valence-electron chi connectivity index (χ4n) is 1.66. The van der Waals surface area contributed by atoms with E-state index in [9.17, 15) is 0 Å². The van der Waals surface area contributed by atoms with Crippen molar-refractivity contribution in [2.24, 2.45) is 0 Å². The summed E-state index contributed by atoms with van der Waals surface area (Å²) in [6.45, 7) is 11.6. The van der Waals surface area contributed by atoms with Crippen molar-refractivity contribution in [2.75, 3.05) is 0 Å². The summed E-state index contributed by atoms with van der Waals surface area (Å²) in [5, 5.41) is 0. The second kappa shape index (κ2) is 8.81. The van der Waals surface area contributed by atoms with E-state index < -0.39 is 0 Å². The standard InChI is InChI=1S/C11H15N.C7H7N/c1-4-9-7-10(5-2)12-11(6-3)8-9;1-2-7-3-5-8-6-4-7/h4,7-8H,1,5-6H2,2-3H3;2-6H,1H2. The SMILES string of the molecule is C=Cc1cc(CC)nc(CC)c1.C=Cc1ccncc1. The Morgan fingerprint density at radius 2 is 1.40 bits per heavy atom. The molecule has 0 spiro atoms. The fraction of sp³-hybridized carbons (Fsp3) is 0.222. The maximum absolute atomic E-state index is 4.47. The van der Waals surface area contributed by atoms with Gasteiger partial charge in [-0.1, -0.05) is 39.2 Å². The van der Waals surface area contributed by atoms with Gasteiger partial charge < -0.3 is 0 Å². The van der Waals surface area contributed by atoms with Crippen LogP contribution in [0.3, 0.4) is 0 Å². The fourth-order valence-corrected chi connectivity index (χ4v) is 1.66. The van der Waals surface area contributed by atoms with Crippen LogP contribution >= 0.6 is 0 Å². The van der Waals surface area contributed by atoms with E-state index in [2.05, 4.69) is 49.1 Å². The van der Waals surface area contributed by atoms with Crippen LogP contribution in [-0.2, 0) is 12.8 Å². The first-order valence-electron chi connectivity index (χ1n) is 6.88. The zero-order valence-electron chi connectivity index (χ0n) is 12.3. The molecule has 0 bridgehead atoms. The first kappa shape index (κ1) is 15.8. The zero-order valence-corrected chi connectivity index (χ0v) is 12.3. The maximum atomic E-state index is 4.47. The molecule has 2 aromatic rings. The Bertz CT molecular complexity index is 522. The molecule has 20 heavy (non-hydrogen) atoms. The second-order valence-electron chi connectivity index (χ2n) is 4.28. The number of rotatable bonds is 4. The number of pyridine rings is 2. The van der Waals surface area contributed by atoms with Crippen molar-refractivity contribution in [3.05, 3.63) is 72.3 Å². The van der Waals surface area contributed by atoms with Gasteiger partial charge in [-0.15, -0.1) is 0 Å². The van der Waals surface area contributed by atoms with Crippen molar-refractivity contribution in [1.29, 1.82) is 0 Å². The molecule has 2 heteroatoms. The molecule has 2 aromatic heterocycles. The smallest absolute Gasteiger partial charge is 0.0410 e. The van der Waals surface area contributed by atoms with Crippen molar-refractivity contribution < 1.29 is 0 Å². The predicted octanol–water partition coefficient (Wildman–Crippen LogP) is 4.57. The maximum Gasteiger partial charge on any atom is 0.0410 e. The Kier molecular flexibility index (Phi) is 6.97. The number of aromatic nitrogens is 2. The molecule has 0 amide bonds. The molecule has 2 nitrogen and oxygen atoms in total. The summed E-state index contributed by atoms with van der Waals surface area (Å²) in [6, 6.07) is 8.00. The van der Waals surface area contributed by atoms with E-state index in [1.807, 2.05) is 18.2 Å². The summed E-state index contributed by atoms with van der Waals surface area (Å²) in [4.78, 5) is 8.32. The third-order valence-electron chi connectivity index (χ3n) is 2.86. The molecule has 0 aliphatic carbocycles. The van der Waals surface area contributed by atoms with E-state index in [-0.39, 0.29) is 0 Å². The number of aryl methyl sites for hydroxylation is 2. The van der Waals surface area contributed by atoms with E-state index >= 15 is 0 Å². The first-order valence-corrected chi connectivity index (χ1v) is 6.88. The molecule has 2 rings (SSSR count). The summed E-state index contributed by atoms with van der Waals surface area (Å²) >= 11 is 0. The highest BCUT2D eigenvalue weighted by molar-refractivity contribution is 5.47. The van der Waals surface area contributed by atoms with Gasteiger partial charge in [0.15, 0.2) is 0 Å². The van der Waals surface area contributed by atoms with Crippen molar-refractivity contribution in [2.45, 2.75) is 26.7 Å². The molecular weight excluding hydrogens is 244 g/mol. The van der Waals surface area contributed by atoms with Gasteiger partial charge in [0.2, 0.25) is 0 Å². The lowest BCUT2D eigenvalue weighted by atomic mass is 10.1. The summed E-state index contributed by atoms with van der Waals surface area (Å²) in [7, 11) is 0. The van der Waals surface area contributed by atoms with Gasteiger partial charge in [0, 0.05) is 23.8 Å². The summed E-state index contributed by atoms with van der Waals surface area (Å²) in [6.07, 6.45) is 9.15. The summed E-state index contributed by atoms with van der Waals surface area (Å²) in [5.41, 5.74) is 4.60. The Hall–Kier alpha value is -2.22. The Morgan fingerprint density at radius 1 is 0.900 bits per heavy atom. The van der Waals surface area contributed by atoms with Crippen LogP contribution in [0.5, 0.6) is 0 Å². The largest absolute Gasteiger partial charge is 0.265 e. The van der Waals surface area contributed by atoms with E-state index in [1.54, 1.807) is 18.5 Å². The molecule has 0 aromatic carbocycles. The van der Waals surface area contributed by atoms with Gasteiger partial charge in [-0.3, -0.25) is 9.97 Å². The molecule has 0 unspecified atom stereocenters. The minimum Gasteiger partial charge on any atom is -0.265 e. The molecule has 0 saturated heterocycles. The van der Waals surface area contributed by atoms with Crippen LogP contribution < -0.4 is 0 Å². The minimum absolute atomic E-state index is 0.995. The topological polar surface area (TPSA) is 25.8 Å². The van der Waals surface area contributed by atoms with E-state index in [1.165, 1.54) is 5.56 Å². The highest BCUT2D eigenvalue weighted by Crippen LogP contribution is 2.08. The van der Waals surface area contributed by atoms with Crippen molar-refractivity contribution in [3.8, 4) is 0 Å². The summed E-state index contributed by atoms with van der Waals surface area (Å²) in [5.74, 6) is 0. The molecule has 0 saturated carbocycles. The van der Waals surface area contributed by atoms with Crippen LogP contribution in [0, 0.1) is 0 Å². The first-order chi connectivity index (χ1) is 9.73. The van der Waals surface area contributed by atoms with Gasteiger partial charge in [0.1, 0.15) is 0 Å². The van der Waals surface area contributed by atoms with Gasteiger partial charge in [0.25, 0.3) is 0 Å². The predicted molar refractivity (Wildman–Crippen MR) is 87.4 cm³/mol. The number of nitrogens with zero attached hydrogens (tertiary/aromatic N) is 2. The van der Waals surface area contributed by atoms with Gasteiger partial charge in [0.05, 0.1) is 0 Å². The van der Waals surface area contributed by atoms with Crippen LogP contribution in [0.25, 0.3) is 12.2 Å². The minimum atomic E-state index is 0.995. The van der Waals surface area contributed by atoms with Crippen molar-refractivity contribution in [1.82, 2.24) is 9.97 Å². The monoisotopic (exact) mass is 266 g/mol. The molecule has 2 heterocycles. The summed E-state index contributed by atoms with van der Waals surface area (Å²) < 4.78 is 0. The van der Waals surface area contributed by atoms with Crippen molar-refractivity contribution in [3.63, 3.8) is 0 Å². The molecule has 0 aliphatic rings. The van der Waals surface area contributed by atoms with E-state index in [4.69, 9.17) is 0 Å². The lowest BCUT2D eigenvalue weighted by Crippen LogP contribution is -1.94. The molecule has 0 radical (unpaired) electrons.